The molecule has 0 aromatic heterocycles. The zero-order valence-corrected chi connectivity index (χ0v) is 12.0. The molecule has 0 unspecified atom stereocenters. The summed E-state index contributed by atoms with van der Waals surface area (Å²) in [4.78, 5) is 24.1. The van der Waals surface area contributed by atoms with E-state index in [4.69, 9.17) is 10.00 Å². The molecule has 0 aromatic carbocycles. The number of nitrogens with zero attached hydrogens (tertiary/aromatic N) is 2. The molecule has 5 nitrogen and oxygen atoms in total. The number of ether oxygens (including phenoxy) is 1. The number of nitriles is 1. The molecule has 0 N–H and O–H groups in total. The van der Waals surface area contributed by atoms with Gasteiger partial charge in [-0.1, -0.05) is 11.8 Å². The lowest BCUT2D eigenvalue weighted by atomic mass is 9.84. The molecule has 1 aliphatic rings. The first kappa shape index (κ1) is 14.8. The lowest BCUT2D eigenvalue weighted by Gasteiger charge is -2.45. The van der Waals surface area contributed by atoms with E-state index in [1.54, 1.807) is 20.8 Å². The highest BCUT2D eigenvalue weighted by atomic mass is 32.2. The van der Waals surface area contributed by atoms with Gasteiger partial charge in [-0.3, -0.25) is 4.79 Å². The molecule has 0 spiro atoms. The van der Waals surface area contributed by atoms with Crippen LogP contribution >= 0.6 is 11.8 Å². The SMILES string of the molecule is CC(=O)SCC1(C#N)CN(C(=O)OC(C)(C)C)C1. The van der Waals surface area contributed by atoms with E-state index >= 15 is 0 Å². The summed E-state index contributed by atoms with van der Waals surface area (Å²) < 4.78 is 5.21. The molecule has 18 heavy (non-hydrogen) atoms. The van der Waals surface area contributed by atoms with Crippen LogP contribution in [-0.4, -0.2) is 40.6 Å². The number of hydrogen-bond acceptors (Lipinski definition) is 5. The van der Waals surface area contributed by atoms with Gasteiger partial charge in [-0.05, 0) is 20.8 Å². The van der Waals surface area contributed by atoms with Gasteiger partial charge in [0.05, 0.1) is 6.07 Å². The summed E-state index contributed by atoms with van der Waals surface area (Å²) >= 11 is 1.13. The topological polar surface area (TPSA) is 70.4 Å². The van der Waals surface area contributed by atoms with Crippen LogP contribution in [0.4, 0.5) is 4.79 Å². The van der Waals surface area contributed by atoms with Gasteiger partial charge in [0.25, 0.3) is 0 Å². The average molecular weight is 270 g/mol. The average Bonchev–Trinajstić information content (AvgIpc) is 2.13. The van der Waals surface area contributed by atoms with Gasteiger partial charge in [-0.25, -0.2) is 4.79 Å². The third-order valence-electron chi connectivity index (χ3n) is 2.43. The molecule has 1 amide bonds. The fraction of sp³-hybridized carbons (Fsp3) is 0.750. The Balaban J connectivity index is 2.48. The molecule has 6 heteroatoms. The van der Waals surface area contributed by atoms with Gasteiger partial charge in [0.1, 0.15) is 11.0 Å². The van der Waals surface area contributed by atoms with Crippen molar-refractivity contribution in [3.8, 4) is 6.07 Å². The monoisotopic (exact) mass is 270 g/mol. The minimum Gasteiger partial charge on any atom is -0.444 e. The van der Waals surface area contributed by atoms with Gasteiger partial charge in [-0.15, -0.1) is 0 Å². The van der Waals surface area contributed by atoms with E-state index < -0.39 is 17.1 Å². The Kier molecular flexibility index (Phi) is 4.28. The minimum atomic E-state index is -0.604. The zero-order valence-electron chi connectivity index (χ0n) is 11.1. The second-order valence-corrected chi connectivity index (χ2v) is 6.66. The predicted octanol–water partition coefficient (Wildman–Crippen LogP) is 2.03. The van der Waals surface area contributed by atoms with Crippen LogP contribution in [0.3, 0.4) is 0 Å². The van der Waals surface area contributed by atoms with Crippen LogP contribution in [0.15, 0.2) is 0 Å². The minimum absolute atomic E-state index is 0.0136. The van der Waals surface area contributed by atoms with Crippen molar-refractivity contribution in [2.45, 2.75) is 33.3 Å². The third kappa shape index (κ3) is 3.91. The van der Waals surface area contributed by atoms with Crippen LogP contribution in [0.25, 0.3) is 0 Å². The van der Waals surface area contributed by atoms with E-state index in [0.717, 1.165) is 11.8 Å². The molecule has 1 saturated heterocycles. The molecule has 100 valence electrons. The van der Waals surface area contributed by atoms with E-state index in [1.165, 1.54) is 11.8 Å². The highest BCUT2D eigenvalue weighted by molar-refractivity contribution is 8.13. The number of carbonyl (C=O) groups excluding carboxylic acids is 2. The summed E-state index contributed by atoms with van der Waals surface area (Å²) in [6, 6.07) is 2.20. The lowest BCUT2D eigenvalue weighted by Crippen LogP contribution is -2.59. The summed E-state index contributed by atoms with van der Waals surface area (Å²) in [7, 11) is 0. The maximum absolute atomic E-state index is 11.7. The molecule has 0 atom stereocenters. The van der Waals surface area contributed by atoms with Crippen molar-refractivity contribution in [2.75, 3.05) is 18.8 Å². The number of amides is 1. The van der Waals surface area contributed by atoms with Gasteiger partial charge in [0, 0.05) is 25.8 Å². The Morgan fingerprint density at radius 2 is 2.00 bits per heavy atom. The van der Waals surface area contributed by atoms with Crippen molar-refractivity contribution in [2.24, 2.45) is 5.41 Å². The first-order valence-corrected chi connectivity index (χ1v) is 6.69. The van der Waals surface area contributed by atoms with Gasteiger partial charge in [0.2, 0.25) is 0 Å². The van der Waals surface area contributed by atoms with Crippen LogP contribution in [0.1, 0.15) is 27.7 Å². The van der Waals surface area contributed by atoms with Crippen molar-refractivity contribution in [3.05, 3.63) is 0 Å². The fourth-order valence-corrected chi connectivity index (χ4v) is 2.30. The van der Waals surface area contributed by atoms with Gasteiger partial charge in [0.15, 0.2) is 5.12 Å². The maximum atomic E-state index is 11.7. The van der Waals surface area contributed by atoms with Crippen LogP contribution in [0, 0.1) is 16.7 Å². The molecule has 1 fully saturated rings. The summed E-state index contributed by atoms with van der Waals surface area (Å²) in [6.45, 7) is 7.53. The zero-order chi connectivity index (χ0) is 14.0. The Morgan fingerprint density at radius 3 is 2.39 bits per heavy atom. The van der Waals surface area contributed by atoms with Crippen molar-refractivity contribution in [1.29, 1.82) is 5.26 Å². The summed E-state index contributed by atoms with van der Waals surface area (Å²) in [5, 5.41) is 9.11. The normalized spacial score (nSPS) is 17.6. The fourth-order valence-electron chi connectivity index (χ4n) is 1.57. The van der Waals surface area contributed by atoms with E-state index in [9.17, 15) is 9.59 Å². The number of thioether (sulfide) groups is 1. The first-order chi connectivity index (χ1) is 8.17. The highest BCUT2D eigenvalue weighted by Gasteiger charge is 2.47. The third-order valence-corrected chi connectivity index (χ3v) is 3.53. The molecule has 1 rings (SSSR count). The number of hydrogen-bond donors (Lipinski definition) is 0. The van der Waals surface area contributed by atoms with Gasteiger partial charge < -0.3 is 9.64 Å². The number of rotatable bonds is 2. The van der Waals surface area contributed by atoms with E-state index in [-0.39, 0.29) is 5.12 Å². The van der Waals surface area contributed by atoms with E-state index in [2.05, 4.69) is 6.07 Å². The second-order valence-electron chi connectivity index (χ2n) is 5.51. The molecule has 0 saturated carbocycles. The molecule has 0 radical (unpaired) electrons. The predicted molar refractivity (Wildman–Crippen MR) is 69.0 cm³/mol. The molecular formula is C12H18N2O3S. The highest BCUT2D eigenvalue weighted by Crippen LogP contribution is 2.34. The summed E-state index contributed by atoms with van der Waals surface area (Å²) in [5.41, 5.74) is -1.14. The smallest absolute Gasteiger partial charge is 0.410 e. The largest absolute Gasteiger partial charge is 0.444 e. The van der Waals surface area contributed by atoms with Crippen LogP contribution in [0.5, 0.6) is 0 Å². The molecular weight excluding hydrogens is 252 g/mol. The van der Waals surface area contributed by atoms with E-state index in [0.29, 0.717) is 18.8 Å². The Labute approximate surface area is 111 Å². The maximum Gasteiger partial charge on any atom is 0.410 e. The van der Waals surface area contributed by atoms with Crippen molar-refractivity contribution >= 4 is 23.0 Å². The standard InChI is InChI=1S/C12H18N2O3S/c1-9(15)18-8-12(5-13)6-14(7-12)10(16)17-11(2,3)4/h6-8H2,1-4H3. The molecule has 1 heterocycles. The Bertz CT molecular complexity index is 389. The number of carbonyl (C=O) groups is 2. The Morgan fingerprint density at radius 1 is 1.44 bits per heavy atom. The summed E-state index contributed by atoms with van der Waals surface area (Å²) in [6.07, 6.45) is -0.402. The van der Waals surface area contributed by atoms with Crippen LogP contribution < -0.4 is 0 Å². The quantitative estimate of drug-likeness (QED) is 0.767. The van der Waals surface area contributed by atoms with Gasteiger partial charge >= 0.3 is 6.09 Å². The first-order valence-electron chi connectivity index (χ1n) is 5.70. The van der Waals surface area contributed by atoms with Crippen molar-refractivity contribution in [1.82, 2.24) is 4.90 Å². The van der Waals surface area contributed by atoms with Crippen LogP contribution in [0.2, 0.25) is 0 Å². The van der Waals surface area contributed by atoms with Gasteiger partial charge in [-0.2, -0.15) is 5.26 Å². The van der Waals surface area contributed by atoms with Crippen LogP contribution in [-0.2, 0) is 9.53 Å². The molecule has 1 aliphatic heterocycles. The molecule has 0 aromatic rings. The van der Waals surface area contributed by atoms with E-state index in [1.807, 2.05) is 0 Å². The number of likely N-dealkylation sites (tertiary alicyclic amines) is 1. The molecule has 0 bridgehead atoms. The Hall–Kier alpha value is -1.22. The summed E-state index contributed by atoms with van der Waals surface area (Å²) in [5.74, 6) is 0.429. The van der Waals surface area contributed by atoms with Crippen molar-refractivity contribution in [3.63, 3.8) is 0 Å². The molecule has 0 aliphatic carbocycles. The lowest BCUT2D eigenvalue weighted by molar-refractivity contribution is -0.109. The van der Waals surface area contributed by atoms with Crippen molar-refractivity contribution < 1.29 is 14.3 Å². The second kappa shape index (κ2) is 5.19.